The van der Waals surface area contributed by atoms with Crippen LogP contribution in [0.1, 0.15) is 24.0 Å². The third-order valence-corrected chi connectivity index (χ3v) is 5.54. The molecule has 0 spiro atoms. The van der Waals surface area contributed by atoms with E-state index < -0.39 is 10.0 Å². The number of hydrogen-bond acceptors (Lipinski definition) is 3. The maximum Gasteiger partial charge on any atom is 0.261 e. The van der Waals surface area contributed by atoms with Crippen molar-refractivity contribution < 1.29 is 13.2 Å². The predicted octanol–water partition coefficient (Wildman–Crippen LogP) is 3.23. The summed E-state index contributed by atoms with van der Waals surface area (Å²) < 4.78 is 27.5. The fourth-order valence-corrected chi connectivity index (χ4v) is 3.91. The molecule has 2 aromatic carbocycles. The van der Waals surface area contributed by atoms with Gasteiger partial charge in [-0.3, -0.25) is 9.52 Å². The van der Waals surface area contributed by atoms with E-state index in [2.05, 4.69) is 4.72 Å². The summed E-state index contributed by atoms with van der Waals surface area (Å²) in [6.45, 7) is 4.50. The molecule has 1 amide bonds. The van der Waals surface area contributed by atoms with Gasteiger partial charge in [-0.05, 0) is 56.2 Å². The van der Waals surface area contributed by atoms with E-state index in [0.717, 1.165) is 23.2 Å². The Morgan fingerprint density at radius 3 is 2.33 bits per heavy atom. The number of nitrogens with one attached hydrogen (secondary N) is 1. The summed E-state index contributed by atoms with van der Waals surface area (Å²) in [6.07, 6.45) is 1.43. The lowest BCUT2D eigenvalue weighted by Crippen LogP contribution is -2.24. The standard InChI is InChI=1S/C18H20N2O3S/c1-13-5-8-16(9-6-13)24(22,23)19-15-7-10-17(14(2)12-15)20-11-3-4-18(20)21/h5-10,12,19H,3-4,11H2,1-2H3. The van der Waals surface area contributed by atoms with E-state index in [1.165, 1.54) is 0 Å². The van der Waals surface area contributed by atoms with Crippen LogP contribution in [0.4, 0.5) is 11.4 Å². The molecule has 0 bridgehead atoms. The van der Waals surface area contributed by atoms with Gasteiger partial charge in [0.2, 0.25) is 5.91 Å². The summed E-state index contributed by atoms with van der Waals surface area (Å²) >= 11 is 0. The first-order valence-electron chi connectivity index (χ1n) is 7.87. The molecule has 1 N–H and O–H groups in total. The molecule has 1 fully saturated rings. The van der Waals surface area contributed by atoms with Crippen molar-refractivity contribution in [1.82, 2.24) is 0 Å². The van der Waals surface area contributed by atoms with Crippen LogP contribution in [-0.4, -0.2) is 20.9 Å². The monoisotopic (exact) mass is 344 g/mol. The van der Waals surface area contributed by atoms with Gasteiger partial charge in [0, 0.05) is 24.3 Å². The van der Waals surface area contributed by atoms with E-state index >= 15 is 0 Å². The highest BCUT2D eigenvalue weighted by Crippen LogP contribution is 2.28. The summed E-state index contributed by atoms with van der Waals surface area (Å²) in [6, 6.07) is 11.9. The molecule has 5 nitrogen and oxygen atoms in total. The van der Waals surface area contributed by atoms with Gasteiger partial charge in [0.05, 0.1) is 4.90 Å². The molecule has 0 unspecified atom stereocenters. The number of sulfonamides is 1. The van der Waals surface area contributed by atoms with Gasteiger partial charge in [-0.1, -0.05) is 17.7 Å². The van der Waals surface area contributed by atoms with Crippen molar-refractivity contribution in [2.24, 2.45) is 0 Å². The summed E-state index contributed by atoms with van der Waals surface area (Å²) in [5.41, 5.74) is 3.21. The molecule has 1 aliphatic rings. The van der Waals surface area contributed by atoms with E-state index in [-0.39, 0.29) is 10.8 Å². The second-order valence-electron chi connectivity index (χ2n) is 6.07. The molecule has 3 rings (SSSR count). The van der Waals surface area contributed by atoms with Crippen LogP contribution >= 0.6 is 0 Å². The van der Waals surface area contributed by atoms with Crippen LogP contribution in [0.25, 0.3) is 0 Å². The summed E-state index contributed by atoms with van der Waals surface area (Å²) in [7, 11) is -3.62. The molecule has 1 saturated heterocycles. The van der Waals surface area contributed by atoms with Crippen LogP contribution in [0.3, 0.4) is 0 Å². The quantitative estimate of drug-likeness (QED) is 0.926. The smallest absolute Gasteiger partial charge is 0.261 e. The lowest BCUT2D eigenvalue weighted by atomic mass is 10.1. The molecule has 2 aromatic rings. The predicted molar refractivity (Wildman–Crippen MR) is 94.8 cm³/mol. The zero-order chi connectivity index (χ0) is 17.3. The Kier molecular flexibility index (Phi) is 4.32. The van der Waals surface area contributed by atoms with Crippen LogP contribution in [0, 0.1) is 13.8 Å². The highest BCUT2D eigenvalue weighted by molar-refractivity contribution is 7.92. The van der Waals surface area contributed by atoms with Crippen LogP contribution in [-0.2, 0) is 14.8 Å². The van der Waals surface area contributed by atoms with Crippen LogP contribution in [0.15, 0.2) is 47.4 Å². The number of aryl methyl sites for hydroxylation is 2. The molecule has 0 radical (unpaired) electrons. The van der Waals surface area contributed by atoms with Crippen molar-refractivity contribution in [3.8, 4) is 0 Å². The summed E-state index contributed by atoms with van der Waals surface area (Å²) in [4.78, 5) is 13.9. The van der Waals surface area contributed by atoms with Gasteiger partial charge in [0.1, 0.15) is 0 Å². The Bertz CT molecular complexity index is 874. The average molecular weight is 344 g/mol. The first-order chi connectivity index (χ1) is 11.4. The number of anilines is 2. The fraction of sp³-hybridized carbons (Fsp3) is 0.278. The van der Waals surface area contributed by atoms with E-state index in [4.69, 9.17) is 0 Å². The number of carbonyl (C=O) groups is 1. The highest BCUT2D eigenvalue weighted by Gasteiger charge is 2.23. The van der Waals surface area contributed by atoms with Gasteiger partial charge in [-0.2, -0.15) is 0 Å². The normalized spacial score (nSPS) is 14.9. The third-order valence-electron chi connectivity index (χ3n) is 4.14. The minimum atomic E-state index is -3.62. The number of benzene rings is 2. The zero-order valence-electron chi connectivity index (χ0n) is 13.7. The lowest BCUT2D eigenvalue weighted by molar-refractivity contribution is -0.117. The molecule has 0 aliphatic carbocycles. The molecule has 0 atom stereocenters. The van der Waals surface area contributed by atoms with E-state index in [1.807, 2.05) is 13.8 Å². The first-order valence-corrected chi connectivity index (χ1v) is 9.36. The molecule has 126 valence electrons. The van der Waals surface area contributed by atoms with Gasteiger partial charge < -0.3 is 4.90 Å². The van der Waals surface area contributed by atoms with Crippen molar-refractivity contribution in [2.75, 3.05) is 16.2 Å². The minimum absolute atomic E-state index is 0.117. The van der Waals surface area contributed by atoms with E-state index in [9.17, 15) is 13.2 Å². The molecular weight excluding hydrogens is 324 g/mol. The van der Waals surface area contributed by atoms with E-state index in [1.54, 1.807) is 47.4 Å². The Morgan fingerprint density at radius 1 is 1.04 bits per heavy atom. The Hall–Kier alpha value is -2.34. The second-order valence-corrected chi connectivity index (χ2v) is 7.75. The lowest BCUT2D eigenvalue weighted by Gasteiger charge is -2.19. The topological polar surface area (TPSA) is 66.5 Å². The maximum atomic E-state index is 12.4. The summed E-state index contributed by atoms with van der Waals surface area (Å²) in [5, 5.41) is 0. The van der Waals surface area contributed by atoms with Crippen LogP contribution < -0.4 is 9.62 Å². The fourth-order valence-electron chi connectivity index (χ4n) is 2.86. The number of rotatable bonds is 4. The van der Waals surface area contributed by atoms with Gasteiger partial charge >= 0.3 is 0 Å². The van der Waals surface area contributed by atoms with Gasteiger partial charge in [0.15, 0.2) is 0 Å². The molecule has 1 aliphatic heterocycles. The van der Waals surface area contributed by atoms with Crippen molar-refractivity contribution in [2.45, 2.75) is 31.6 Å². The highest BCUT2D eigenvalue weighted by atomic mass is 32.2. The molecule has 0 aromatic heterocycles. The zero-order valence-corrected chi connectivity index (χ0v) is 14.6. The van der Waals surface area contributed by atoms with E-state index in [0.29, 0.717) is 18.7 Å². The van der Waals surface area contributed by atoms with Crippen LogP contribution in [0.5, 0.6) is 0 Å². The minimum Gasteiger partial charge on any atom is -0.312 e. The Morgan fingerprint density at radius 2 is 1.75 bits per heavy atom. The molecule has 6 heteroatoms. The van der Waals surface area contributed by atoms with Gasteiger partial charge in [0.25, 0.3) is 10.0 Å². The van der Waals surface area contributed by atoms with Crippen molar-refractivity contribution in [3.05, 3.63) is 53.6 Å². The number of nitrogens with zero attached hydrogens (tertiary/aromatic N) is 1. The van der Waals surface area contributed by atoms with Gasteiger partial charge in [-0.15, -0.1) is 0 Å². The molecule has 0 saturated carbocycles. The Balaban J connectivity index is 1.84. The number of amides is 1. The largest absolute Gasteiger partial charge is 0.312 e. The Labute approximate surface area is 142 Å². The average Bonchev–Trinajstić information content (AvgIpc) is 2.93. The molecule has 1 heterocycles. The second kappa shape index (κ2) is 6.28. The third kappa shape index (κ3) is 3.28. The van der Waals surface area contributed by atoms with Crippen LogP contribution in [0.2, 0.25) is 0 Å². The SMILES string of the molecule is Cc1ccc(S(=O)(=O)Nc2ccc(N3CCCC3=O)c(C)c2)cc1. The van der Waals surface area contributed by atoms with Crippen molar-refractivity contribution >= 4 is 27.3 Å². The first kappa shape index (κ1) is 16.5. The molecule has 24 heavy (non-hydrogen) atoms. The maximum absolute atomic E-state index is 12.4. The summed E-state index contributed by atoms with van der Waals surface area (Å²) in [5.74, 6) is 0.117. The van der Waals surface area contributed by atoms with Gasteiger partial charge in [-0.25, -0.2) is 8.42 Å². The number of hydrogen-bond donors (Lipinski definition) is 1. The van der Waals surface area contributed by atoms with Crippen molar-refractivity contribution in [1.29, 1.82) is 0 Å². The number of carbonyl (C=O) groups excluding carboxylic acids is 1. The molecular formula is C18H20N2O3S. The van der Waals surface area contributed by atoms with Crippen molar-refractivity contribution in [3.63, 3.8) is 0 Å².